The van der Waals surface area contributed by atoms with E-state index in [1.54, 1.807) is 18.2 Å². The number of aryl methyl sites for hydroxylation is 2. The standard InChI is InChI=1S/C16H17FO2/c1-12-6-5-7-13(2)16(12)19-11-10-18-15-9-4-3-8-14(15)17/h3-9H,10-11H2,1-2H3. The predicted molar refractivity (Wildman–Crippen MR) is 73.3 cm³/mol. The van der Waals surface area contributed by atoms with Crippen molar-refractivity contribution in [1.29, 1.82) is 0 Å². The van der Waals surface area contributed by atoms with Crippen LogP contribution < -0.4 is 9.47 Å². The molecule has 0 aliphatic rings. The van der Waals surface area contributed by atoms with Crippen LogP contribution in [0.1, 0.15) is 11.1 Å². The number of benzene rings is 2. The van der Waals surface area contributed by atoms with Crippen molar-refractivity contribution < 1.29 is 13.9 Å². The highest BCUT2D eigenvalue weighted by molar-refractivity contribution is 5.39. The summed E-state index contributed by atoms with van der Waals surface area (Å²) in [5.74, 6) is 0.779. The monoisotopic (exact) mass is 260 g/mol. The van der Waals surface area contributed by atoms with Crippen molar-refractivity contribution in [2.45, 2.75) is 13.8 Å². The van der Waals surface area contributed by atoms with Crippen molar-refractivity contribution in [1.82, 2.24) is 0 Å². The van der Waals surface area contributed by atoms with Crippen LogP contribution in [0, 0.1) is 19.7 Å². The molecular weight excluding hydrogens is 243 g/mol. The lowest BCUT2D eigenvalue weighted by Gasteiger charge is -2.12. The second kappa shape index (κ2) is 6.23. The number of halogens is 1. The van der Waals surface area contributed by atoms with Crippen molar-refractivity contribution in [3.63, 3.8) is 0 Å². The van der Waals surface area contributed by atoms with Gasteiger partial charge in [-0.2, -0.15) is 0 Å². The van der Waals surface area contributed by atoms with Gasteiger partial charge in [0.25, 0.3) is 0 Å². The quantitative estimate of drug-likeness (QED) is 0.759. The Morgan fingerprint density at radius 2 is 1.47 bits per heavy atom. The van der Waals surface area contributed by atoms with Gasteiger partial charge in [0.2, 0.25) is 0 Å². The van der Waals surface area contributed by atoms with Crippen molar-refractivity contribution in [3.8, 4) is 11.5 Å². The van der Waals surface area contributed by atoms with Crippen LogP contribution in [0.5, 0.6) is 11.5 Å². The van der Waals surface area contributed by atoms with E-state index in [0.717, 1.165) is 16.9 Å². The molecule has 0 radical (unpaired) electrons. The lowest BCUT2D eigenvalue weighted by molar-refractivity contribution is 0.210. The Bertz CT molecular complexity index is 532. The van der Waals surface area contributed by atoms with Gasteiger partial charge in [0.1, 0.15) is 19.0 Å². The van der Waals surface area contributed by atoms with E-state index < -0.39 is 0 Å². The number of hydrogen-bond acceptors (Lipinski definition) is 2. The van der Waals surface area contributed by atoms with Gasteiger partial charge in [-0.1, -0.05) is 30.3 Å². The van der Waals surface area contributed by atoms with Crippen molar-refractivity contribution in [2.75, 3.05) is 13.2 Å². The summed E-state index contributed by atoms with van der Waals surface area (Å²) in [6.07, 6.45) is 0. The number of rotatable bonds is 5. The van der Waals surface area contributed by atoms with E-state index in [9.17, 15) is 4.39 Å². The molecule has 0 heterocycles. The van der Waals surface area contributed by atoms with Crippen LogP contribution in [0.25, 0.3) is 0 Å². The molecule has 2 nitrogen and oxygen atoms in total. The molecule has 0 saturated carbocycles. The molecule has 19 heavy (non-hydrogen) atoms. The summed E-state index contributed by atoms with van der Waals surface area (Å²) in [7, 11) is 0. The molecule has 3 heteroatoms. The summed E-state index contributed by atoms with van der Waals surface area (Å²) in [4.78, 5) is 0. The molecule has 0 bridgehead atoms. The second-order valence-electron chi connectivity index (χ2n) is 4.35. The van der Waals surface area contributed by atoms with Crippen LogP contribution in [0.3, 0.4) is 0 Å². The van der Waals surface area contributed by atoms with E-state index in [1.165, 1.54) is 6.07 Å². The topological polar surface area (TPSA) is 18.5 Å². The van der Waals surface area contributed by atoms with Crippen LogP contribution in [-0.2, 0) is 0 Å². The van der Waals surface area contributed by atoms with Crippen LogP contribution in [0.15, 0.2) is 42.5 Å². The average Bonchev–Trinajstić information content (AvgIpc) is 2.39. The van der Waals surface area contributed by atoms with Crippen molar-refractivity contribution in [3.05, 3.63) is 59.4 Å². The van der Waals surface area contributed by atoms with Crippen molar-refractivity contribution in [2.24, 2.45) is 0 Å². The molecule has 2 aromatic rings. The lowest BCUT2D eigenvalue weighted by Crippen LogP contribution is -2.10. The molecule has 100 valence electrons. The highest BCUT2D eigenvalue weighted by Gasteiger charge is 2.04. The molecule has 0 aliphatic carbocycles. The Kier molecular flexibility index (Phi) is 4.39. The molecule has 0 atom stereocenters. The number of hydrogen-bond donors (Lipinski definition) is 0. The van der Waals surface area contributed by atoms with E-state index in [2.05, 4.69) is 0 Å². The molecule has 0 unspecified atom stereocenters. The summed E-state index contributed by atoms with van der Waals surface area (Å²) < 4.78 is 24.3. The number of para-hydroxylation sites is 2. The Morgan fingerprint density at radius 1 is 0.842 bits per heavy atom. The highest BCUT2D eigenvalue weighted by Crippen LogP contribution is 2.22. The molecule has 0 aliphatic heterocycles. The van der Waals surface area contributed by atoms with Gasteiger partial charge in [-0.25, -0.2) is 4.39 Å². The van der Waals surface area contributed by atoms with Crippen LogP contribution >= 0.6 is 0 Å². The molecule has 0 spiro atoms. The molecule has 0 N–H and O–H groups in total. The summed E-state index contributed by atoms with van der Waals surface area (Å²) in [5, 5.41) is 0. The third-order valence-electron chi connectivity index (χ3n) is 2.83. The van der Waals surface area contributed by atoms with Gasteiger partial charge in [0, 0.05) is 0 Å². The van der Waals surface area contributed by atoms with Gasteiger partial charge >= 0.3 is 0 Å². The van der Waals surface area contributed by atoms with Gasteiger partial charge in [-0.05, 0) is 37.1 Å². The lowest BCUT2D eigenvalue weighted by atomic mass is 10.1. The predicted octanol–water partition coefficient (Wildman–Crippen LogP) is 3.90. The van der Waals surface area contributed by atoms with Gasteiger partial charge in [-0.3, -0.25) is 0 Å². The maximum absolute atomic E-state index is 13.3. The smallest absolute Gasteiger partial charge is 0.165 e. The summed E-state index contributed by atoms with van der Waals surface area (Å²) in [6, 6.07) is 12.4. The fraction of sp³-hybridized carbons (Fsp3) is 0.250. The minimum absolute atomic E-state index is 0.257. The molecule has 0 saturated heterocycles. The van der Waals surface area contributed by atoms with Crippen LogP contribution in [-0.4, -0.2) is 13.2 Å². The first-order valence-corrected chi connectivity index (χ1v) is 6.25. The Labute approximate surface area is 112 Å². The molecule has 2 aromatic carbocycles. The van der Waals surface area contributed by atoms with E-state index >= 15 is 0 Å². The zero-order valence-electron chi connectivity index (χ0n) is 11.2. The van der Waals surface area contributed by atoms with Crippen LogP contribution in [0.4, 0.5) is 4.39 Å². The Hall–Kier alpha value is -2.03. The summed E-state index contributed by atoms with van der Waals surface area (Å²) in [5.41, 5.74) is 2.18. The average molecular weight is 260 g/mol. The SMILES string of the molecule is Cc1cccc(C)c1OCCOc1ccccc1F. The third kappa shape index (κ3) is 3.47. The Morgan fingerprint density at radius 3 is 2.16 bits per heavy atom. The first-order valence-electron chi connectivity index (χ1n) is 6.25. The zero-order valence-corrected chi connectivity index (χ0v) is 11.2. The van der Waals surface area contributed by atoms with Crippen molar-refractivity contribution >= 4 is 0 Å². The Balaban J connectivity index is 1.86. The maximum Gasteiger partial charge on any atom is 0.165 e. The molecular formula is C16H17FO2. The van der Waals surface area contributed by atoms with Gasteiger partial charge < -0.3 is 9.47 Å². The minimum Gasteiger partial charge on any atom is -0.489 e. The zero-order chi connectivity index (χ0) is 13.7. The molecule has 0 amide bonds. The number of ether oxygens (including phenoxy) is 2. The van der Waals surface area contributed by atoms with Crippen LogP contribution in [0.2, 0.25) is 0 Å². The van der Waals surface area contributed by atoms with Gasteiger partial charge in [0.15, 0.2) is 11.6 Å². The second-order valence-corrected chi connectivity index (χ2v) is 4.35. The first kappa shape index (κ1) is 13.4. The van der Waals surface area contributed by atoms with Gasteiger partial charge in [0.05, 0.1) is 0 Å². The summed E-state index contributed by atoms with van der Waals surface area (Å²) in [6.45, 7) is 4.70. The normalized spacial score (nSPS) is 10.3. The molecule has 0 aromatic heterocycles. The van der Waals surface area contributed by atoms with E-state index in [-0.39, 0.29) is 11.6 Å². The third-order valence-corrected chi connectivity index (χ3v) is 2.83. The molecule has 0 fully saturated rings. The minimum atomic E-state index is -0.352. The van der Waals surface area contributed by atoms with Gasteiger partial charge in [-0.15, -0.1) is 0 Å². The maximum atomic E-state index is 13.3. The first-order chi connectivity index (χ1) is 9.18. The fourth-order valence-corrected chi connectivity index (χ4v) is 1.88. The van der Waals surface area contributed by atoms with E-state index in [0.29, 0.717) is 13.2 Å². The highest BCUT2D eigenvalue weighted by atomic mass is 19.1. The summed E-state index contributed by atoms with van der Waals surface area (Å²) >= 11 is 0. The van der Waals surface area contributed by atoms with E-state index in [1.807, 2.05) is 32.0 Å². The molecule has 2 rings (SSSR count). The van der Waals surface area contributed by atoms with E-state index in [4.69, 9.17) is 9.47 Å². The largest absolute Gasteiger partial charge is 0.489 e. The fourth-order valence-electron chi connectivity index (χ4n) is 1.88.